The molecule has 3 heteroatoms. The van der Waals surface area contributed by atoms with E-state index in [1.165, 1.54) is 103 Å². The molecule has 0 radical (unpaired) electrons. The van der Waals surface area contributed by atoms with Gasteiger partial charge in [0.15, 0.2) is 11.6 Å². The molecule has 0 unspecified atom stereocenters. The van der Waals surface area contributed by atoms with E-state index in [1.54, 1.807) is 13.0 Å². The average Bonchev–Trinajstić information content (AvgIpc) is 2.92. The number of hydrogen-bond donors (Lipinski definition) is 0. The Morgan fingerprint density at radius 2 is 1.11 bits per heavy atom. The second kappa shape index (κ2) is 14.3. The zero-order valence-corrected chi connectivity index (χ0v) is 24.1. The van der Waals surface area contributed by atoms with E-state index in [1.807, 2.05) is 6.92 Å². The normalized spacial score (nSPS) is 30.8. The van der Waals surface area contributed by atoms with Crippen LogP contribution >= 0.6 is 0 Å². The molecule has 0 atom stereocenters. The molecule has 0 aromatic heterocycles. The summed E-state index contributed by atoms with van der Waals surface area (Å²) >= 11 is 0. The Morgan fingerprint density at radius 1 is 0.649 bits per heavy atom. The molecular weight excluding hydrogens is 462 g/mol. The fourth-order valence-corrected chi connectivity index (χ4v) is 8.26. The molecule has 0 aliphatic heterocycles. The van der Waals surface area contributed by atoms with Gasteiger partial charge in [0.25, 0.3) is 0 Å². The van der Waals surface area contributed by atoms with Gasteiger partial charge in [0.05, 0.1) is 6.61 Å². The summed E-state index contributed by atoms with van der Waals surface area (Å²) in [6, 6.07) is 1.67. The van der Waals surface area contributed by atoms with Gasteiger partial charge in [0.2, 0.25) is 5.82 Å². The molecule has 3 aliphatic rings. The highest BCUT2D eigenvalue weighted by Crippen LogP contribution is 2.44. The first-order valence-electron chi connectivity index (χ1n) is 16.1. The first-order valence-corrected chi connectivity index (χ1v) is 16.1. The largest absolute Gasteiger partial charge is 0.491 e. The van der Waals surface area contributed by atoms with Gasteiger partial charge in [-0.2, -0.15) is 4.39 Å². The van der Waals surface area contributed by atoms with E-state index >= 15 is 0 Å². The van der Waals surface area contributed by atoms with Gasteiger partial charge in [-0.15, -0.1) is 0 Å². The van der Waals surface area contributed by atoms with Crippen LogP contribution in [0.1, 0.15) is 134 Å². The van der Waals surface area contributed by atoms with E-state index in [9.17, 15) is 8.78 Å². The van der Waals surface area contributed by atoms with Crippen LogP contribution in [0.4, 0.5) is 8.78 Å². The molecule has 3 fully saturated rings. The van der Waals surface area contributed by atoms with Gasteiger partial charge in [0, 0.05) is 0 Å². The van der Waals surface area contributed by atoms with Crippen molar-refractivity contribution in [2.45, 2.75) is 136 Å². The predicted molar refractivity (Wildman–Crippen MR) is 151 cm³/mol. The molecule has 3 aliphatic carbocycles. The van der Waals surface area contributed by atoms with E-state index in [0.717, 1.165) is 41.6 Å². The van der Waals surface area contributed by atoms with Gasteiger partial charge in [-0.25, -0.2) is 4.39 Å². The summed E-state index contributed by atoms with van der Waals surface area (Å²) in [4.78, 5) is 0. The van der Waals surface area contributed by atoms with E-state index in [4.69, 9.17) is 4.74 Å². The van der Waals surface area contributed by atoms with Crippen molar-refractivity contribution < 1.29 is 13.5 Å². The molecule has 0 amide bonds. The van der Waals surface area contributed by atoms with Crippen LogP contribution in [0.3, 0.4) is 0 Å². The van der Waals surface area contributed by atoms with Crippen molar-refractivity contribution in [1.82, 2.24) is 0 Å². The minimum atomic E-state index is -0.820. The van der Waals surface area contributed by atoms with Gasteiger partial charge in [0.1, 0.15) is 0 Å². The van der Waals surface area contributed by atoms with Crippen LogP contribution in [0.2, 0.25) is 0 Å². The monoisotopic (exact) mass is 516 g/mol. The summed E-state index contributed by atoms with van der Waals surface area (Å²) in [6.07, 6.45) is 24.5. The molecule has 0 heterocycles. The number of ether oxygens (including phenoxy) is 1. The Hall–Kier alpha value is -1.12. The third-order valence-corrected chi connectivity index (χ3v) is 10.7. The second-order valence-electron chi connectivity index (χ2n) is 13.1. The fraction of sp³-hybridized carbons (Fsp3) is 0.824. The lowest BCUT2D eigenvalue weighted by atomic mass is 9.68. The van der Waals surface area contributed by atoms with Crippen molar-refractivity contribution in [2.75, 3.05) is 6.61 Å². The van der Waals surface area contributed by atoms with E-state index in [-0.39, 0.29) is 5.75 Å². The van der Waals surface area contributed by atoms with Crippen molar-refractivity contribution >= 4 is 0 Å². The van der Waals surface area contributed by atoms with Gasteiger partial charge in [-0.1, -0.05) is 84.0 Å². The lowest BCUT2D eigenvalue weighted by Gasteiger charge is -2.38. The van der Waals surface area contributed by atoms with Crippen molar-refractivity contribution in [3.05, 3.63) is 28.8 Å². The molecule has 1 nitrogen and oxygen atoms in total. The molecule has 37 heavy (non-hydrogen) atoms. The molecule has 210 valence electrons. The summed E-state index contributed by atoms with van der Waals surface area (Å²) in [5.41, 5.74) is 1.36. The third kappa shape index (κ3) is 7.95. The quantitative estimate of drug-likeness (QED) is 0.284. The highest BCUT2D eigenvalue weighted by Gasteiger charge is 2.31. The summed E-state index contributed by atoms with van der Waals surface area (Å²) in [6.45, 7) is 6.36. The molecule has 1 aromatic carbocycles. The predicted octanol–water partition coefficient (Wildman–Crippen LogP) is 10.6. The minimum absolute atomic E-state index is 0.0461. The summed E-state index contributed by atoms with van der Waals surface area (Å²) in [5, 5.41) is 0. The number of hydrogen-bond acceptors (Lipinski definition) is 1. The Labute approximate surface area is 226 Å². The van der Waals surface area contributed by atoms with Crippen LogP contribution in [-0.4, -0.2) is 6.61 Å². The fourth-order valence-electron chi connectivity index (χ4n) is 8.26. The first-order chi connectivity index (χ1) is 18.0. The van der Waals surface area contributed by atoms with Gasteiger partial charge < -0.3 is 4.74 Å². The molecular formula is C34H54F2O. The lowest BCUT2D eigenvalue weighted by molar-refractivity contribution is 0.136. The van der Waals surface area contributed by atoms with Crippen molar-refractivity contribution in [3.8, 4) is 5.75 Å². The maximum atomic E-state index is 14.7. The summed E-state index contributed by atoms with van der Waals surface area (Å²) < 4.78 is 34.3. The Bertz CT molecular complexity index is 812. The Balaban J connectivity index is 1.11. The Kier molecular flexibility index (Phi) is 11.2. The summed E-state index contributed by atoms with van der Waals surface area (Å²) in [7, 11) is 0. The lowest BCUT2D eigenvalue weighted by Crippen LogP contribution is -2.26. The molecule has 0 bridgehead atoms. The molecule has 4 rings (SSSR count). The smallest absolute Gasteiger partial charge is 0.200 e. The average molecular weight is 517 g/mol. The maximum Gasteiger partial charge on any atom is 0.200 e. The summed E-state index contributed by atoms with van der Waals surface area (Å²) in [5.74, 6) is 4.17. The molecule has 0 saturated heterocycles. The highest BCUT2D eigenvalue weighted by atomic mass is 19.2. The van der Waals surface area contributed by atoms with Gasteiger partial charge >= 0.3 is 0 Å². The van der Waals surface area contributed by atoms with Crippen molar-refractivity contribution in [3.63, 3.8) is 0 Å². The van der Waals surface area contributed by atoms with Crippen LogP contribution in [0.5, 0.6) is 5.75 Å². The van der Waals surface area contributed by atoms with E-state index in [0.29, 0.717) is 24.5 Å². The Morgan fingerprint density at radius 3 is 1.59 bits per heavy atom. The highest BCUT2D eigenvalue weighted by molar-refractivity contribution is 5.38. The zero-order chi connectivity index (χ0) is 26.2. The van der Waals surface area contributed by atoms with Crippen LogP contribution in [0, 0.1) is 54.1 Å². The third-order valence-electron chi connectivity index (χ3n) is 10.7. The van der Waals surface area contributed by atoms with E-state index < -0.39 is 11.6 Å². The van der Waals surface area contributed by atoms with Crippen LogP contribution in [-0.2, 0) is 6.42 Å². The number of halogens is 2. The topological polar surface area (TPSA) is 9.23 Å². The van der Waals surface area contributed by atoms with E-state index in [2.05, 4.69) is 6.92 Å². The standard InChI is InChI=1S/C34H54F2O/c1-4-6-25-13-18-29(19-14-25)30-20-15-28(16-21-30)12-9-26-7-10-27(11-8-26)17-22-31-24(3)23-32(37-5-2)34(36)33(31)35/h23,25-30H,4-22H2,1-3H3. The molecule has 1 aromatic rings. The number of rotatable bonds is 11. The number of benzene rings is 1. The molecule has 0 N–H and O–H groups in total. The van der Waals surface area contributed by atoms with Gasteiger partial charge in [-0.3, -0.25) is 0 Å². The minimum Gasteiger partial charge on any atom is -0.491 e. The van der Waals surface area contributed by atoms with Crippen LogP contribution in [0.25, 0.3) is 0 Å². The SMILES string of the molecule is CCCC1CCC(C2CCC(CCC3CCC(CCc4c(C)cc(OCC)c(F)c4F)CC3)CC2)CC1. The van der Waals surface area contributed by atoms with Crippen LogP contribution in [0.15, 0.2) is 6.07 Å². The second-order valence-corrected chi connectivity index (χ2v) is 13.1. The maximum absolute atomic E-state index is 14.7. The van der Waals surface area contributed by atoms with Crippen LogP contribution < -0.4 is 4.74 Å². The zero-order valence-electron chi connectivity index (χ0n) is 24.1. The molecule has 3 saturated carbocycles. The van der Waals surface area contributed by atoms with Crippen molar-refractivity contribution in [2.24, 2.45) is 35.5 Å². The molecule has 0 spiro atoms. The van der Waals surface area contributed by atoms with Gasteiger partial charge in [-0.05, 0) is 105 Å². The first kappa shape index (κ1) is 28.9. The van der Waals surface area contributed by atoms with Crippen molar-refractivity contribution in [1.29, 1.82) is 0 Å². The number of aryl methyl sites for hydroxylation is 1.